The highest BCUT2D eigenvalue weighted by molar-refractivity contribution is 5.77. The number of carbonyl (C=O) groups is 1. The number of piperazine rings is 1. The lowest BCUT2D eigenvalue weighted by atomic mass is 9.88. The van der Waals surface area contributed by atoms with Crippen molar-refractivity contribution in [3.63, 3.8) is 0 Å². The van der Waals surface area contributed by atoms with Crippen molar-refractivity contribution in [3.8, 4) is 5.75 Å². The summed E-state index contributed by atoms with van der Waals surface area (Å²) in [6.07, 6.45) is 5.58. The Labute approximate surface area is 208 Å². The number of rotatable bonds is 7. The molecule has 0 radical (unpaired) electrons. The van der Waals surface area contributed by atoms with Gasteiger partial charge in [-0.3, -0.25) is 9.69 Å². The van der Waals surface area contributed by atoms with Gasteiger partial charge in [-0.1, -0.05) is 31.0 Å². The molecule has 0 N–H and O–H groups in total. The number of carbonyl (C=O) groups excluding carboxylic acids is 1. The molecule has 2 saturated heterocycles. The van der Waals surface area contributed by atoms with Crippen LogP contribution < -0.4 is 9.64 Å². The van der Waals surface area contributed by atoms with Crippen LogP contribution in [0.25, 0.3) is 0 Å². The van der Waals surface area contributed by atoms with Crippen LogP contribution in [0.15, 0.2) is 48.5 Å². The number of benzene rings is 2. The molecule has 3 aliphatic rings. The third-order valence-electron chi connectivity index (χ3n) is 8.29. The van der Waals surface area contributed by atoms with E-state index < -0.39 is 0 Å². The zero-order chi connectivity index (χ0) is 24.2. The van der Waals surface area contributed by atoms with E-state index in [1.807, 2.05) is 18.2 Å². The molecule has 0 bridgehead atoms. The Balaban J connectivity index is 1.23. The molecule has 0 aromatic heterocycles. The van der Waals surface area contributed by atoms with E-state index in [4.69, 9.17) is 4.74 Å². The number of ether oxygens (including phenoxy) is 1. The van der Waals surface area contributed by atoms with Crippen LogP contribution in [0.4, 0.5) is 10.1 Å². The Morgan fingerprint density at radius 3 is 2.51 bits per heavy atom. The van der Waals surface area contributed by atoms with E-state index in [1.165, 1.54) is 37.4 Å². The van der Waals surface area contributed by atoms with E-state index in [0.717, 1.165) is 50.6 Å². The van der Waals surface area contributed by atoms with Crippen LogP contribution in [-0.2, 0) is 4.79 Å². The van der Waals surface area contributed by atoms with E-state index in [-0.39, 0.29) is 11.7 Å². The van der Waals surface area contributed by atoms with Gasteiger partial charge < -0.3 is 14.5 Å². The second-order valence-corrected chi connectivity index (χ2v) is 10.6. The molecule has 35 heavy (non-hydrogen) atoms. The van der Waals surface area contributed by atoms with E-state index in [1.54, 1.807) is 19.2 Å². The van der Waals surface area contributed by atoms with Gasteiger partial charge in [-0.05, 0) is 54.5 Å². The van der Waals surface area contributed by atoms with Gasteiger partial charge in [-0.2, -0.15) is 0 Å². The predicted molar refractivity (Wildman–Crippen MR) is 137 cm³/mol. The number of anilines is 1. The van der Waals surface area contributed by atoms with Gasteiger partial charge in [-0.25, -0.2) is 4.39 Å². The Kier molecular flexibility index (Phi) is 7.57. The first-order valence-electron chi connectivity index (χ1n) is 13.2. The average molecular weight is 480 g/mol. The summed E-state index contributed by atoms with van der Waals surface area (Å²) in [5.41, 5.74) is 2.23. The summed E-state index contributed by atoms with van der Waals surface area (Å²) >= 11 is 0. The molecule has 2 atom stereocenters. The number of hydrogen-bond acceptors (Lipinski definition) is 4. The maximum Gasteiger partial charge on any atom is 0.222 e. The average Bonchev–Trinajstić information content (AvgIpc) is 3.55. The Hall–Kier alpha value is -2.60. The van der Waals surface area contributed by atoms with Crippen LogP contribution in [0.2, 0.25) is 0 Å². The van der Waals surface area contributed by atoms with Crippen LogP contribution in [0.1, 0.15) is 43.6 Å². The van der Waals surface area contributed by atoms with Crippen molar-refractivity contribution >= 4 is 11.6 Å². The minimum Gasteiger partial charge on any atom is -0.497 e. The molecule has 5 nitrogen and oxygen atoms in total. The third kappa shape index (κ3) is 5.80. The molecular weight excluding hydrogens is 441 g/mol. The Bertz CT molecular complexity index is 1000. The summed E-state index contributed by atoms with van der Waals surface area (Å²) in [5.74, 6) is 2.06. The molecule has 1 aliphatic carbocycles. The normalized spacial score (nSPS) is 23.7. The lowest BCUT2D eigenvalue weighted by Gasteiger charge is -2.38. The number of methoxy groups -OCH3 is 1. The molecule has 2 heterocycles. The molecule has 2 aromatic rings. The van der Waals surface area contributed by atoms with Crippen LogP contribution in [-0.4, -0.2) is 68.6 Å². The molecule has 0 unspecified atom stereocenters. The third-order valence-corrected chi connectivity index (χ3v) is 8.29. The second kappa shape index (κ2) is 11.0. The largest absolute Gasteiger partial charge is 0.497 e. The topological polar surface area (TPSA) is 36.0 Å². The SMILES string of the molecule is COc1cccc(N2CCN(C[C@H]3CN(C(=O)CC4CCCC4)C[C@@H]3c3cccc(F)c3)CC2)c1. The van der Waals surface area contributed by atoms with Gasteiger partial charge in [0.2, 0.25) is 5.91 Å². The van der Waals surface area contributed by atoms with E-state index in [2.05, 4.69) is 26.8 Å². The zero-order valence-electron chi connectivity index (χ0n) is 20.9. The molecule has 3 fully saturated rings. The molecule has 5 rings (SSSR count). The molecule has 2 aliphatic heterocycles. The van der Waals surface area contributed by atoms with Crippen molar-refractivity contribution in [2.24, 2.45) is 11.8 Å². The highest BCUT2D eigenvalue weighted by Gasteiger charge is 2.38. The summed E-state index contributed by atoms with van der Waals surface area (Å²) in [4.78, 5) is 20.2. The fraction of sp³-hybridized carbons (Fsp3) is 0.552. The minimum absolute atomic E-state index is 0.189. The second-order valence-electron chi connectivity index (χ2n) is 10.6. The Morgan fingerprint density at radius 2 is 1.77 bits per heavy atom. The number of nitrogens with zero attached hydrogens (tertiary/aromatic N) is 3. The lowest BCUT2D eigenvalue weighted by Crippen LogP contribution is -2.48. The van der Waals surface area contributed by atoms with Crippen molar-refractivity contribution in [2.45, 2.75) is 38.0 Å². The quantitative estimate of drug-likeness (QED) is 0.573. The van der Waals surface area contributed by atoms with E-state index in [9.17, 15) is 9.18 Å². The van der Waals surface area contributed by atoms with E-state index in [0.29, 0.717) is 30.7 Å². The predicted octanol–water partition coefficient (Wildman–Crippen LogP) is 4.78. The standard InChI is InChI=1S/C29H38FN3O2/c1-35-27-11-5-10-26(18-27)32-14-12-31(13-15-32)19-24-20-33(29(34)16-22-6-2-3-7-22)21-28(24)23-8-4-9-25(30)17-23/h4-5,8-11,17-18,22,24,28H,2-3,6-7,12-16,19-21H2,1H3/t24-,28+/m0/s1. The van der Waals surface area contributed by atoms with Gasteiger partial charge in [0.15, 0.2) is 0 Å². The van der Waals surface area contributed by atoms with Crippen molar-refractivity contribution < 1.29 is 13.9 Å². The Morgan fingerprint density at radius 1 is 1.00 bits per heavy atom. The maximum absolute atomic E-state index is 14.1. The molecule has 1 amide bonds. The van der Waals surface area contributed by atoms with E-state index >= 15 is 0 Å². The number of amides is 1. The number of likely N-dealkylation sites (tertiary alicyclic amines) is 1. The van der Waals surface area contributed by atoms with Crippen molar-refractivity contribution in [3.05, 3.63) is 59.9 Å². The van der Waals surface area contributed by atoms with Crippen molar-refractivity contribution in [1.29, 1.82) is 0 Å². The van der Waals surface area contributed by atoms with Gasteiger partial charge in [0.1, 0.15) is 11.6 Å². The molecule has 2 aromatic carbocycles. The first kappa shape index (κ1) is 24.1. The monoisotopic (exact) mass is 479 g/mol. The highest BCUT2D eigenvalue weighted by Crippen LogP contribution is 2.36. The summed E-state index contributed by atoms with van der Waals surface area (Å²) in [6.45, 7) is 6.34. The summed E-state index contributed by atoms with van der Waals surface area (Å²) in [7, 11) is 1.70. The van der Waals surface area contributed by atoms with Gasteiger partial charge in [0.25, 0.3) is 0 Å². The molecule has 188 valence electrons. The zero-order valence-corrected chi connectivity index (χ0v) is 20.9. The van der Waals surface area contributed by atoms with Crippen LogP contribution in [0, 0.1) is 17.7 Å². The van der Waals surface area contributed by atoms with Gasteiger partial charge in [0, 0.05) is 69.9 Å². The van der Waals surface area contributed by atoms with Crippen molar-refractivity contribution in [1.82, 2.24) is 9.80 Å². The van der Waals surface area contributed by atoms with Crippen molar-refractivity contribution in [2.75, 3.05) is 57.8 Å². The highest BCUT2D eigenvalue weighted by atomic mass is 19.1. The number of hydrogen-bond donors (Lipinski definition) is 0. The molecule has 0 spiro atoms. The van der Waals surface area contributed by atoms with Crippen LogP contribution in [0.3, 0.4) is 0 Å². The maximum atomic E-state index is 14.1. The van der Waals surface area contributed by atoms with Gasteiger partial charge in [0.05, 0.1) is 7.11 Å². The van der Waals surface area contributed by atoms with Crippen LogP contribution >= 0.6 is 0 Å². The fourth-order valence-electron chi connectivity index (χ4n) is 6.29. The smallest absolute Gasteiger partial charge is 0.222 e. The molecule has 6 heteroatoms. The molecule has 1 saturated carbocycles. The molecular formula is C29H38FN3O2. The summed E-state index contributed by atoms with van der Waals surface area (Å²) < 4.78 is 19.5. The first-order chi connectivity index (χ1) is 17.1. The first-order valence-corrected chi connectivity index (χ1v) is 13.2. The summed E-state index contributed by atoms with van der Waals surface area (Å²) in [5, 5.41) is 0. The summed E-state index contributed by atoms with van der Waals surface area (Å²) in [6, 6.07) is 15.3. The number of halogens is 1. The van der Waals surface area contributed by atoms with Crippen LogP contribution in [0.5, 0.6) is 5.75 Å². The fourth-order valence-corrected chi connectivity index (χ4v) is 6.29. The van der Waals surface area contributed by atoms with Gasteiger partial charge in [-0.15, -0.1) is 0 Å². The van der Waals surface area contributed by atoms with Gasteiger partial charge >= 0.3 is 0 Å². The minimum atomic E-state index is -0.191. The lowest BCUT2D eigenvalue weighted by molar-refractivity contribution is -0.131.